The molecule has 222 valence electrons. The molecule has 1 atom stereocenters. The van der Waals surface area contributed by atoms with Crippen molar-refractivity contribution >= 4 is 27.1 Å². The Kier molecular flexibility index (Phi) is 8.18. The van der Waals surface area contributed by atoms with Gasteiger partial charge in [-0.25, -0.2) is 17.9 Å². The first kappa shape index (κ1) is 29.5. The van der Waals surface area contributed by atoms with Gasteiger partial charge >= 0.3 is 0 Å². The molecule has 3 aromatic rings. The summed E-state index contributed by atoms with van der Waals surface area (Å²) in [5, 5.41) is 11.4. The largest absolute Gasteiger partial charge is 0.356 e. The highest BCUT2D eigenvalue weighted by Crippen LogP contribution is 2.39. The summed E-state index contributed by atoms with van der Waals surface area (Å²) in [6, 6.07) is 10.5. The minimum absolute atomic E-state index is 0.0511. The van der Waals surface area contributed by atoms with Crippen LogP contribution in [0.3, 0.4) is 0 Å². The van der Waals surface area contributed by atoms with E-state index in [2.05, 4.69) is 61.4 Å². The van der Waals surface area contributed by atoms with Crippen LogP contribution < -0.4 is 10.6 Å². The Balaban J connectivity index is 1.39. The molecule has 2 aliphatic rings. The van der Waals surface area contributed by atoms with Crippen LogP contribution in [0.15, 0.2) is 53.8 Å². The van der Waals surface area contributed by atoms with Crippen LogP contribution in [0.2, 0.25) is 0 Å². The lowest BCUT2D eigenvalue weighted by molar-refractivity contribution is -0.134. The number of sulfone groups is 1. The monoisotopic (exact) mass is 580 g/mol. The number of fused-ring (bicyclic) bond motifs is 1. The molecule has 1 saturated heterocycles. The fraction of sp³-hybridized carbons (Fsp3) is 0.581. The number of amides is 1. The van der Waals surface area contributed by atoms with Crippen LogP contribution in [0.4, 0.5) is 5.82 Å². The van der Waals surface area contributed by atoms with E-state index >= 15 is 0 Å². The van der Waals surface area contributed by atoms with Gasteiger partial charge in [-0.2, -0.15) is 5.10 Å². The molecule has 5 rings (SSSR count). The molecule has 1 aliphatic carbocycles. The minimum Gasteiger partial charge on any atom is -0.356 e. The smallest absolute Gasteiger partial charge is 0.245 e. The summed E-state index contributed by atoms with van der Waals surface area (Å²) < 4.78 is 29.2. The van der Waals surface area contributed by atoms with E-state index in [9.17, 15) is 13.2 Å². The number of hydrogen-bond donors (Lipinski definition) is 2. The van der Waals surface area contributed by atoms with Gasteiger partial charge < -0.3 is 15.5 Å². The fourth-order valence-corrected chi connectivity index (χ4v) is 8.11. The van der Waals surface area contributed by atoms with Gasteiger partial charge in [-0.3, -0.25) is 4.79 Å². The average Bonchev–Trinajstić information content (AvgIpc) is 3.53. The second-order valence-electron chi connectivity index (χ2n) is 13.3. The molecule has 9 nitrogen and oxygen atoms in total. The van der Waals surface area contributed by atoms with Gasteiger partial charge in [0.25, 0.3) is 0 Å². The van der Waals surface area contributed by atoms with Crippen LogP contribution in [0.25, 0.3) is 5.52 Å². The second-order valence-corrected chi connectivity index (χ2v) is 15.3. The Labute approximate surface area is 244 Å². The standard InChI is InChI=1S/C31H44N6O3S/c1-22(2)18-32-24-11-14-31(15-12-24,20-41(39,40)25-9-7-6-8-10-25)36-16-13-26(29(36)38)35-28-27-17-23(30(3,4)5)19-37(27)34-21-33-28/h6-10,17,19,21-22,24,26,32H,11-16,18,20H2,1-5H3,(H,33,34,35)/t24?,26-,31?/m0/s1. The fourth-order valence-electron chi connectivity index (χ4n) is 6.22. The quantitative estimate of drug-likeness (QED) is 0.385. The van der Waals surface area contributed by atoms with Crippen molar-refractivity contribution in [3.8, 4) is 0 Å². The van der Waals surface area contributed by atoms with Crippen molar-refractivity contribution in [2.45, 2.75) is 94.7 Å². The van der Waals surface area contributed by atoms with E-state index in [4.69, 9.17) is 0 Å². The van der Waals surface area contributed by atoms with Crippen LogP contribution in [-0.4, -0.2) is 70.3 Å². The number of carbonyl (C=O) groups is 1. The second kappa shape index (κ2) is 11.4. The summed E-state index contributed by atoms with van der Waals surface area (Å²) in [6.07, 6.45) is 7.07. The van der Waals surface area contributed by atoms with Gasteiger partial charge in [-0.05, 0) is 73.7 Å². The lowest BCUT2D eigenvalue weighted by Gasteiger charge is -2.46. The molecule has 0 unspecified atom stereocenters. The summed E-state index contributed by atoms with van der Waals surface area (Å²) >= 11 is 0. The van der Waals surface area contributed by atoms with Crippen molar-refractivity contribution in [2.75, 3.05) is 24.2 Å². The highest BCUT2D eigenvalue weighted by molar-refractivity contribution is 7.91. The molecule has 1 amide bonds. The van der Waals surface area contributed by atoms with Crippen LogP contribution in [-0.2, 0) is 20.0 Å². The lowest BCUT2D eigenvalue weighted by atomic mass is 9.79. The molecule has 3 heterocycles. The Morgan fingerprint density at radius 3 is 2.46 bits per heavy atom. The number of carbonyl (C=O) groups excluding carboxylic acids is 1. The summed E-state index contributed by atoms with van der Waals surface area (Å²) in [5.74, 6) is 1.04. The number of likely N-dealkylation sites (tertiary alicyclic amines) is 1. The number of hydrogen-bond acceptors (Lipinski definition) is 7. The predicted molar refractivity (Wildman–Crippen MR) is 162 cm³/mol. The summed E-state index contributed by atoms with van der Waals surface area (Å²) in [6.45, 7) is 12.3. The summed E-state index contributed by atoms with van der Waals surface area (Å²) in [4.78, 5) is 20.7. The van der Waals surface area contributed by atoms with Crippen molar-refractivity contribution in [2.24, 2.45) is 5.92 Å². The van der Waals surface area contributed by atoms with Crippen molar-refractivity contribution in [1.82, 2.24) is 24.8 Å². The number of rotatable bonds is 9. The van der Waals surface area contributed by atoms with Gasteiger partial charge in [0.1, 0.15) is 17.9 Å². The maximum Gasteiger partial charge on any atom is 0.245 e. The molecule has 2 fully saturated rings. The number of anilines is 1. The molecule has 0 spiro atoms. The molecule has 0 radical (unpaired) electrons. The minimum atomic E-state index is -3.60. The van der Waals surface area contributed by atoms with Crippen molar-refractivity contribution in [3.63, 3.8) is 0 Å². The molecule has 0 bridgehead atoms. The zero-order chi connectivity index (χ0) is 29.4. The third-order valence-corrected chi connectivity index (χ3v) is 10.6. The first-order valence-corrected chi connectivity index (χ1v) is 16.5. The molecular formula is C31H44N6O3S. The van der Waals surface area contributed by atoms with Gasteiger partial charge in [-0.1, -0.05) is 52.8 Å². The van der Waals surface area contributed by atoms with Crippen LogP contribution in [0.5, 0.6) is 0 Å². The molecule has 1 saturated carbocycles. The van der Waals surface area contributed by atoms with E-state index in [-0.39, 0.29) is 17.1 Å². The Morgan fingerprint density at radius 1 is 1.10 bits per heavy atom. The van der Waals surface area contributed by atoms with Crippen LogP contribution >= 0.6 is 0 Å². The summed E-state index contributed by atoms with van der Waals surface area (Å²) in [7, 11) is -3.60. The molecule has 41 heavy (non-hydrogen) atoms. The lowest BCUT2D eigenvalue weighted by Crippen LogP contribution is -2.58. The van der Waals surface area contributed by atoms with Gasteiger partial charge in [0.05, 0.1) is 16.2 Å². The van der Waals surface area contributed by atoms with Crippen molar-refractivity contribution in [3.05, 3.63) is 54.5 Å². The van der Waals surface area contributed by atoms with Gasteiger partial charge in [0.2, 0.25) is 5.91 Å². The maximum absolute atomic E-state index is 14.0. The third kappa shape index (κ3) is 6.28. The average molecular weight is 581 g/mol. The number of benzene rings is 1. The molecule has 2 aromatic heterocycles. The van der Waals surface area contributed by atoms with Gasteiger partial charge in [0, 0.05) is 18.8 Å². The first-order valence-electron chi connectivity index (χ1n) is 14.8. The maximum atomic E-state index is 14.0. The van der Waals surface area contributed by atoms with Crippen molar-refractivity contribution in [1.29, 1.82) is 0 Å². The molecule has 2 N–H and O–H groups in total. The van der Waals surface area contributed by atoms with E-state index in [0.29, 0.717) is 48.5 Å². The molecule has 10 heteroatoms. The van der Waals surface area contributed by atoms with Crippen LogP contribution in [0, 0.1) is 5.92 Å². The van der Waals surface area contributed by atoms with E-state index in [1.807, 2.05) is 17.2 Å². The zero-order valence-electron chi connectivity index (χ0n) is 24.9. The van der Waals surface area contributed by atoms with Gasteiger partial charge in [0.15, 0.2) is 15.7 Å². The molecular weight excluding hydrogens is 536 g/mol. The SMILES string of the molecule is CC(C)CNC1CCC(CS(=O)(=O)c2ccccc2)(N2CC[C@H](Nc3ncnn4cc(C(C)(C)C)cc34)C2=O)CC1. The van der Waals surface area contributed by atoms with Crippen molar-refractivity contribution < 1.29 is 13.2 Å². The summed E-state index contributed by atoms with van der Waals surface area (Å²) in [5.41, 5.74) is 1.16. The number of nitrogens with zero attached hydrogens (tertiary/aromatic N) is 4. The highest BCUT2D eigenvalue weighted by atomic mass is 32.2. The molecule has 1 aliphatic heterocycles. The highest BCUT2D eigenvalue weighted by Gasteiger charge is 2.49. The molecule has 1 aromatic carbocycles. The Hall–Kier alpha value is -2.98. The van der Waals surface area contributed by atoms with E-state index in [1.165, 1.54) is 6.33 Å². The Bertz CT molecular complexity index is 1470. The predicted octanol–water partition coefficient (Wildman–Crippen LogP) is 4.44. The van der Waals surface area contributed by atoms with Gasteiger partial charge in [-0.15, -0.1) is 0 Å². The van der Waals surface area contributed by atoms with E-state index < -0.39 is 21.4 Å². The first-order chi connectivity index (χ1) is 19.4. The normalized spacial score (nSPS) is 24.0. The number of nitrogens with one attached hydrogen (secondary N) is 2. The topological polar surface area (TPSA) is 109 Å². The number of aromatic nitrogens is 3. The van der Waals surface area contributed by atoms with E-state index in [1.54, 1.807) is 28.8 Å². The third-order valence-electron chi connectivity index (χ3n) is 8.65. The van der Waals surface area contributed by atoms with Crippen LogP contribution in [0.1, 0.15) is 72.3 Å². The zero-order valence-corrected chi connectivity index (χ0v) is 25.7. The van der Waals surface area contributed by atoms with E-state index in [0.717, 1.165) is 30.5 Å². The Morgan fingerprint density at radius 2 is 1.80 bits per heavy atom.